The molecule has 0 bridgehead atoms. The predicted octanol–water partition coefficient (Wildman–Crippen LogP) is 3.09. The number of aliphatic hydroxyl groups is 1. The van der Waals surface area contributed by atoms with Gasteiger partial charge >= 0.3 is 14.5 Å². The Morgan fingerprint density at radius 2 is 1.88 bits per heavy atom. The number of para-hydroxylation sites is 1. The number of hydrogen-bond donors (Lipinski definition) is 3. The van der Waals surface area contributed by atoms with Crippen molar-refractivity contribution in [2.24, 2.45) is 0 Å². The van der Waals surface area contributed by atoms with Crippen LogP contribution in [0, 0.1) is 4.77 Å². The van der Waals surface area contributed by atoms with Gasteiger partial charge in [0.2, 0.25) is 0 Å². The molecule has 188 valence electrons. The highest BCUT2D eigenvalue weighted by atomic mass is 32.1. The van der Waals surface area contributed by atoms with E-state index < -0.39 is 38.8 Å². The predicted molar refractivity (Wildman–Crippen MR) is 131 cm³/mol. The van der Waals surface area contributed by atoms with Gasteiger partial charge in [-0.05, 0) is 52.0 Å². The molecule has 3 N–H and O–H groups in total. The summed E-state index contributed by atoms with van der Waals surface area (Å²) < 4.78 is 24.3. The molecule has 0 spiro atoms. The van der Waals surface area contributed by atoms with Crippen molar-refractivity contribution in [1.29, 1.82) is 0 Å². The summed E-state index contributed by atoms with van der Waals surface area (Å²) in [5.74, 6) is 0.111. The van der Waals surface area contributed by atoms with E-state index in [0.717, 1.165) is 0 Å². The molecule has 12 heteroatoms. The Morgan fingerprint density at radius 3 is 2.47 bits per heavy atom. The van der Waals surface area contributed by atoms with Crippen molar-refractivity contribution in [3.63, 3.8) is 0 Å². The number of nitrogens with one attached hydrogen (secondary N) is 2. The van der Waals surface area contributed by atoms with E-state index in [-0.39, 0.29) is 23.0 Å². The number of rotatable bonds is 13. The van der Waals surface area contributed by atoms with Crippen LogP contribution in [0.1, 0.15) is 33.7 Å². The molecule has 1 aromatic carbocycles. The fourth-order valence-electron chi connectivity index (χ4n) is 2.88. The number of aromatic amines is 1. The van der Waals surface area contributed by atoms with Crippen LogP contribution in [0.15, 0.2) is 47.4 Å². The maximum absolute atomic E-state index is 12.3. The van der Waals surface area contributed by atoms with E-state index in [2.05, 4.69) is 10.1 Å². The average molecular weight is 514 g/mol. The number of hydrogen-bond acceptors (Lipinski definition) is 9. The molecule has 0 aliphatic heterocycles. The molecule has 0 fully saturated rings. The largest absolute Gasteiger partial charge is 0.462 e. The number of benzene rings is 1. The molecule has 1 heterocycles. The highest BCUT2D eigenvalue weighted by Gasteiger charge is 2.30. The summed E-state index contributed by atoms with van der Waals surface area (Å²) in [7, 11) is -0.347. The van der Waals surface area contributed by atoms with Crippen molar-refractivity contribution in [2.75, 3.05) is 13.7 Å². The molecule has 0 amide bonds. The van der Waals surface area contributed by atoms with Crippen LogP contribution in [0.2, 0.25) is 0 Å². The Bertz CT molecular complexity index is 1020. The van der Waals surface area contributed by atoms with E-state index in [4.69, 9.17) is 30.7 Å². The molecular formula is C22H32N3O7PS. The van der Waals surface area contributed by atoms with Crippen LogP contribution in [-0.4, -0.2) is 58.7 Å². The third kappa shape index (κ3) is 8.57. The van der Waals surface area contributed by atoms with Gasteiger partial charge in [-0.3, -0.25) is 14.6 Å². The molecule has 34 heavy (non-hydrogen) atoms. The summed E-state index contributed by atoms with van der Waals surface area (Å²) in [6, 6.07) is 9.12. The normalized spacial score (nSPS) is 15.9. The van der Waals surface area contributed by atoms with Gasteiger partial charge in [0.25, 0.3) is 5.56 Å². The molecule has 0 radical (unpaired) electrons. The van der Waals surface area contributed by atoms with E-state index in [1.54, 1.807) is 44.4 Å². The Hall–Kier alpha value is -2.14. The topological polar surface area (TPSA) is 124 Å². The fraction of sp³-hybridized carbons (Fsp3) is 0.500. The van der Waals surface area contributed by atoms with Crippen LogP contribution in [0.4, 0.5) is 0 Å². The molecule has 5 unspecified atom stereocenters. The molecule has 2 rings (SSSR count). The number of methoxy groups -OCH3 is 1. The first-order valence-corrected chi connectivity index (χ1v) is 12.4. The number of carbonyl (C=O) groups is 1. The van der Waals surface area contributed by atoms with Crippen molar-refractivity contribution >= 4 is 26.7 Å². The number of aromatic nitrogens is 2. The van der Waals surface area contributed by atoms with Gasteiger partial charge in [0.05, 0.1) is 18.8 Å². The molecule has 2 aromatic rings. The van der Waals surface area contributed by atoms with Crippen molar-refractivity contribution in [3.8, 4) is 5.75 Å². The quantitative estimate of drug-likeness (QED) is 0.211. The number of ether oxygens (including phenoxy) is 2. The smallest absolute Gasteiger partial charge is 0.323 e. The maximum Gasteiger partial charge on any atom is 0.323 e. The molecule has 0 saturated carbocycles. The van der Waals surface area contributed by atoms with Crippen LogP contribution in [0.25, 0.3) is 0 Å². The number of carbonyl (C=O) groups excluding carboxylic acids is 1. The highest BCUT2D eigenvalue weighted by Crippen LogP contribution is 2.36. The third-order valence-electron chi connectivity index (χ3n) is 4.76. The Labute approximate surface area is 205 Å². The lowest BCUT2D eigenvalue weighted by molar-refractivity contribution is -0.149. The van der Waals surface area contributed by atoms with Crippen LogP contribution >= 0.6 is 20.7 Å². The third-order valence-corrected chi connectivity index (χ3v) is 6.43. The summed E-state index contributed by atoms with van der Waals surface area (Å²) in [6.45, 7) is 6.89. The maximum atomic E-state index is 12.3. The number of esters is 1. The first kappa shape index (κ1) is 28.1. The lowest BCUT2D eigenvalue weighted by Crippen LogP contribution is -2.40. The summed E-state index contributed by atoms with van der Waals surface area (Å²) >= 11 is 5.19. The highest BCUT2D eigenvalue weighted by molar-refractivity contribution is 7.71. The number of H-pyrrole nitrogens is 1. The van der Waals surface area contributed by atoms with Gasteiger partial charge in [-0.15, -0.1) is 0 Å². The molecule has 0 saturated heterocycles. The lowest BCUT2D eigenvalue weighted by atomic mass is 10.1. The van der Waals surface area contributed by atoms with Gasteiger partial charge in [0.1, 0.15) is 24.0 Å². The monoisotopic (exact) mass is 513 g/mol. The zero-order chi connectivity index (χ0) is 25.3. The van der Waals surface area contributed by atoms with E-state index >= 15 is 0 Å². The number of aliphatic hydroxyl groups excluding tert-OH is 1. The van der Waals surface area contributed by atoms with Crippen molar-refractivity contribution in [3.05, 3.63) is 57.7 Å². The Balaban J connectivity index is 2.11. The zero-order valence-corrected chi connectivity index (χ0v) is 21.5. The molecule has 1 aromatic heterocycles. The van der Waals surface area contributed by atoms with Crippen molar-refractivity contribution < 1.29 is 28.4 Å². The number of nitrogens with zero attached hydrogens (tertiary/aromatic N) is 1. The summed E-state index contributed by atoms with van der Waals surface area (Å²) in [5.41, 5.74) is -0.325. The van der Waals surface area contributed by atoms with Crippen molar-refractivity contribution in [1.82, 2.24) is 14.6 Å². The fourth-order valence-corrected chi connectivity index (χ4v) is 4.41. The van der Waals surface area contributed by atoms with Gasteiger partial charge in [0, 0.05) is 19.4 Å². The van der Waals surface area contributed by atoms with Gasteiger partial charge in [-0.2, -0.15) is 0 Å². The molecule has 10 nitrogen and oxygen atoms in total. The minimum absolute atomic E-state index is 0.0455. The summed E-state index contributed by atoms with van der Waals surface area (Å²) in [5, 5.41) is 13.9. The lowest BCUT2D eigenvalue weighted by Gasteiger charge is -2.29. The Kier molecular flexibility index (Phi) is 11.3. The molecule has 0 aliphatic rings. The van der Waals surface area contributed by atoms with Crippen LogP contribution in [0.5, 0.6) is 5.75 Å². The van der Waals surface area contributed by atoms with Gasteiger partial charge in [0.15, 0.2) is 4.77 Å². The summed E-state index contributed by atoms with van der Waals surface area (Å²) in [6.07, 6.45) is -0.530. The van der Waals surface area contributed by atoms with Gasteiger partial charge in [-0.1, -0.05) is 18.2 Å². The van der Waals surface area contributed by atoms with E-state index in [1.165, 1.54) is 19.4 Å². The van der Waals surface area contributed by atoms with Crippen LogP contribution in [0.3, 0.4) is 0 Å². The molecule has 0 aliphatic carbocycles. The standard InChI is InChI=1S/C22H32N3O7PS/c1-14(2)31-21(28)15(3)24-33(32-17-9-7-6-8-10-17)30-13-18(29-5)20(27)16(4)25-12-11-19(26)23-22(25)34/h6-12,14-16,18,20,24,27H,13H2,1-5H3,(H,23,26,34). The average Bonchev–Trinajstić information content (AvgIpc) is 2.79. The van der Waals surface area contributed by atoms with E-state index in [0.29, 0.717) is 5.75 Å². The first-order chi connectivity index (χ1) is 16.1. The van der Waals surface area contributed by atoms with Crippen LogP contribution < -0.4 is 15.2 Å². The SMILES string of the molecule is COC(COP(NC(C)C(=O)OC(C)C)Oc1ccccc1)C(O)C(C)n1ccc(=O)[nH]c1=S. The van der Waals surface area contributed by atoms with Gasteiger partial charge in [-0.25, -0.2) is 5.09 Å². The van der Waals surface area contributed by atoms with E-state index in [9.17, 15) is 14.7 Å². The Morgan fingerprint density at radius 1 is 1.21 bits per heavy atom. The van der Waals surface area contributed by atoms with Gasteiger partial charge < -0.3 is 28.2 Å². The van der Waals surface area contributed by atoms with Crippen molar-refractivity contribution in [2.45, 2.75) is 58.1 Å². The second kappa shape index (κ2) is 13.7. The summed E-state index contributed by atoms with van der Waals surface area (Å²) in [4.78, 5) is 26.2. The van der Waals surface area contributed by atoms with Crippen LogP contribution in [-0.2, 0) is 18.8 Å². The zero-order valence-electron chi connectivity index (χ0n) is 19.8. The molecular weight excluding hydrogens is 481 g/mol. The second-order valence-corrected chi connectivity index (χ2v) is 9.42. The minimum atomic E-state index is -1.80. The minimum Gasteiger partial charge on any atom is -0.462 e. The molecule has 5 atom stereocenters. The first-order valence-electron chi connectivity index (χ1n) is 10.8. The van der Waals surface area contributed by atoms with E-state index in [1.807, 2.05) is 18.2 Å². The second-order valence-electron chi connectivity index (χ2n) is 7.82.